The van der Waals surface area contributed by atoms with Crippen molar-refractivity contribution >= 4 is 34.1 Å². The van der Waals surface area contributed by atoms with Crippen LogP contribution in [0.3, 0.4) is 0 Å². The molecule has 4 aliphatic heterocycles. The Kier molecular flexibility index (Phi) is 13.1. The number of piperidine rings is 1. The standard InChI is InChI=1S/C46H62N4O11/c1-22(2)21-50-18-16-46(17-19-50)48-34-31-32-39(54)28(8)42-33(31)43(56)45(10,61-42)59-20-15-30(58-11)25(5)41(60-29(9)51)27(7)38(53)26(6)37(52)23(3)13-12-14-24(4)44(57)47-36(40(32)55)35(34)49-46/h12-15,20,22-23,25-27,30,37-38,41,48,52-55H,16-19,21H2,1-11H3/b13-12?,20-15-,24-14-,47-36?/t23-,25+,26+,27+,30-,37-,38+,41+,45-/m0/s1. The Morgan fingerprint density at radius 3 is 2.28 bits per heavy atom. The van der Waals surface area contributed by atoms with Crippen LogP contribution in [0.25, 0.3) is 10.8 Å². The number of likely N-dealkylation sites (tertiary alicyclic amines) is 1. The zero-order valence-electron chi connectivity index (χ0n) is 37.1. The van der Waals surface area contributed by atoms with Crippen molar-refractivity contribution in [1.29, 1.82) is 0 Å². The summed E-state index contributed by atoms with van der Waals surface area (Å²) in [6.07, 6.45) is 5.07. The molecule has 0 radical (unpaired) electrons. The number of nitrogens with zero attached hydrogens (tertiary/aromatic N) is 3. The SMILES string of the molecule is CO[C@H]1/C=C\O[C@@]2(C)Oc3c(C)c(O)c4c(O)c(c5c(c4c3C2=O)NC2(CCN(CC(C)C)CC2)N=5)=NC(=O)/C(C)=C\C=C[C@H](C)[C@H](O)[C@@H](C)[C@@H](O)[C@@H](C)[C@H](OC(C)=O)[C@@H]1C. The predicted octanol–water partition coefficient (Wildman–Crippen LogP) is 4.75. The number of ether oxygens (including phenoxy) is 4. The monoisotopic (exact) mass is 846 g/mol. The van der Waals surface area contributed by atoms with Gasteiger partial charge in [-0.2, -0.15) is 0 Å². The summed E-state index contributed by atoms with van der Waals surface area (Å²) in [6, 6.07) is 0. The van der Waals surface area contributed by atoms with E-state index in [0.717, 1.165) is 19.6 Å². The van der Waals surface area contributed by atoms with E-state index in [9.17, 15) is 34.8 Å². The number of anilines is 1. The lowest BCUT2D eigenvalue weighted by molar-refractivity contribution is -0.160. The molecule has 9 atom stereocenters. The average molecular weight is 847 g/mol. The molecule has 0 aliphatic carbocycles. The summed E-state index contributed by atoms with van der Waals surface area (Å²) in [4.78, 5) is 52.9. The maximum Gasteiger partial charge on any atom is 0.312 e. The Labute approximate surface area is 356 Å². The number of amides is 1. The van der Waals surface area contributed by atoms with Crippen LogP contribution in [0.2, 0.25) is 0 Å². The van der Waals surface area contributed by atoms with Gasteiger partial charge in [-0.3, -0.25) is 19.4 Å². The van der Waals surface area contributed by atoms with Gasteiger partial charge in [-0.25, -0.2) is 4.99 Å². The Morgan fingerprint density at radius 2 is 1.66 bits per heavy atom. The van der Waals surface area contributed by atoms with Gasteiger partial charge in [0.05, 0.1) is 41.2 Å². The van der Waals surface area contributed by atoms with Crippen molar-refractivity contribution in [3.05, 3.63) is 58.0 Å². The van der Waals surface area contributed by atoms with Crippen LogP contribution in [0.1, 0.15) is 91.1 Å². The van der Waals surface area contributed by atoms with E-state index >= 15 is 0 Å². The Balaban J connectivity index is 1.55. The number of fused-ring (bicyclic) bond motifs is 1. The normalized spacial score (nSPS) is 32.1. The number of rotatable bonds is 4. The van der Waals surface area contributed by atoms with Crippen molar-refractivity contribution < 1.29 is 53.8 Å². The molecule has 332 valence electrons. The number of aliphatic hydroxyl groups excluding tert-OH is 2. The minimum Gasteiger partial charge on any atom is -0.507 e. The molecule has 2 aromatic rings. The van der Waals surface area contributed by atoms with Gasteiger partial charge in [-0.15, -0.1) is 0 Å². The molecule has 1 saturated heterocycles. The highest BCUT2D eigenvalue weighted by Gasteiger charge is 2.51. The smallest absolute Gasteiger partial charge is 0.312 e. The van der Waals surface area contributed by atoms with Crippen LogP contribution in [0.5, 0.6) is 17.2 Å². The first kappa shape index (κ1) is 45.7. The van der Waals surface area contributed by atoms with Gasteiger partial charge in [-0.05, 0) is 25.8 Å². The van der Waals surface area contributed by atoms with E-state index in [0.29, 0.717) is 24.4 Å². The number of aliphatic hydroxyl groups is 2. The number of methoxy groups -OCH3 is 1. The molecular formula is C46H62N4O11. The molecule has 0 unspecified atom stereocenters. The zero-order valence-corrected chi connectivity index (χ0v) is 37.1. The number of phenolic OH excluding ortho intramolecular Hbond substituents is 2. The number of Topliss-reactive ketones (excluding diaryl/α,β-unsaturated/α-hetero) is 1. The van der Waals surface area contributed by atoms with E-state index in [1.54, 1.807) is 65.8 Å². The van der Waals surface area contributed by atoms with Crippen LogP contribution in [0.15, 0.2) is 46.1 Å². The van der Waals surface area contributed by atoms with E-state index in [4.69, 9.17) is 23.9 Å². The quantitative estimate of drug-likeness (QED) is 0.208. The lowest BCUT2D eigenvalue weighted by Gasteiger charge is -2.38. The molecule has 4 bridgehead atoms. The number of nitrogens with one attached hydrogen (secondary N) is 1. The number of ketones is 1. The fourth-order valence-corrected chi connectivity index (χ4v) is 9.24. The van der Waals surface area contributed by atoms with Crippen LogP contribution < -0.4 is 20.8 Å². The van der Waals surface area contributed by atoms with E-state index in [1.807, 2.05) is 0 Å². The van der Waals surface area contributed by atoms with Gasteiger partial charge < -0.3 is 49.6 Å². The number of carbonyl (C=O) groups excluding carboxylic acids is 3. The first-order valence-electron chi connectivity index (χ1n) is 21.2. The molecule has 6 rings (SSSR count). The van der Waals surface area contributed by atoms with Crippen molar-refractivity contribution in [2.75, 3.05) is 32.1 Å². The van der Waals surface area contributed by atoms with Gasteiger partial charge in [-0.1, -0.05) is 59.8 Å². The Morgan fingerprint density at radius 1 is 0.984 bits per heavy atom. The van der Waals surface area contributed by atoms with Crippen LogP contribution in [0, 0.1) is 36.5 Å². The molecule has 15 nitrogen and oxygen atoms in total. The predicted molar refractivity (Wildman–Crippen MR) is 228 cm³/mol. The van der Waals surface area contributed by atoms with Crippen LogP contribution >= 0.6 is 0 Å². The van der Waals surface area contributed by atoms with Gasteiger partial charge >= 0.3 is 11.8 Å². The van der Waals surface area contributed by atoms with Gasteiger partial charge in [0, 0.05) is 93.6 Å². The number of hydrogen-bond donors (Lipinski definition) is 5. The Bertz CT molecular complexity index is 2300. The second kappa shape index (κ2) is 17.5. The summed E-state index contributed by atoms with van der Waals surface area (Å²) >= 11 is 0. The maximum absolute atomic E-state index is 14.7. The van der Waals surface area contributed by atoms with Crippen molar-refractivity contribution in [3.63, 3.8) is 0 Å². The van der Waals surface area contributed by atoms with Crippen molar-refractivity contribution in [2.45, 2.75) is 118 Å². The van der Waals surface area contributed by atoms with Crippen molar-refractivity contribution in [1.82, 2.24) is 4.90 Å². The molecular weight excluding hydrogens is 785 g/mol. The molecule has 15 heteroatoms. The Hall–Kier alpha value is -4.83. The number of aromatic hydroxyl groups is 2. The second-order valence-corrected chi connectivity index (χ2v) is 18.0. The summed E-state index contributed by atoms with van der Waals surface area (Å²) < 4.78 is 24.0. The first-order chi connectivity index (χ1) is 28.6. The number of carbonyl (C=O) groups is 3. The van der Waals surface area contributed by atoms with Gasteiger partial charge in [0.15, 0.2) is 5.75 Å². The minimum absolute atomic E-state index is 0.0538. The van der Waals surface area contributed by atoms with Crippen molar-refractivity contribution in [2.24, 2.45) is 39.6 Å². The highest BCUT2D eigenvalue weighted by atomic mass is 16.7. The second-order valence-electron chi connectivity index (χ2n) is 18.0. The molecule has 4 aliphatic rings. The maximum atomic E-state index is 14.7. The lowest BCUT2D eigenvalue weighted by Crippen LogP contribution is -2.47. The highest BCUT2D eigenvalue weighted by Crippen LogP contribution is 2.51. The van der Waals surface area contributed by atoms with Gasteiger partial charge in [0.2, 0.25) is 0 Å². The number of phenols is 2. The topological polar surface area (TPSA) is 209 Å². The molecule has 1 fully saturated rings. The molecule has 61 heavy (non-hydrogen) atoms. The summed E-state index contributed by atoms with van der Waals surface area (Å²) in [5.41, 5.74) is -0.111. The molecule has 5 N–H and O–H groups in total. The average Bonchev–Trinajstić information content (AvgIpc) is 3.71. The summed E-state index contributed by atoms with van der Waals surface area (Å²) in [6.45, 7) is 19.6. The third kappa shape index (κ3) is 8.54. The highest BCUT2D eigenvalue weighted by molar-refractivity contribution is 6.21. The van der Waals surface area contributed by atoms with Gasteiger partial charge in [0.25, 0.3) is 11.7 Å². The molecule has 0 saturated carbocycles. The number of hydrogen-bond acceptors (Lipinski definition) is 14. The fourth-order valence-electron chi connectivity index (χ4n) is 9.24. The van der Waals surface area contributed by atoms with E-state index in [1.165, 1.54) is 27.2 Å². The summed E-state index contributed by atoms with van der Waals surface area (Å²) in [7, 11) is 1.47. The number of allylic oxidation sites excluding steroid dienone is 2. The first-order valence-corrected chi connectivity index (χ1v) is 21.2. The van der Waals surface area contributed by atoms with Crippen LogP contribution in [-0.4, -0.2) is 106 Å². The molecule has 0 aromatic heterocycles. The van der Waals surface area contributed by atoms with E-state index in [-0.39, 0.29) is 49.7 Å². The largest absolute Gasteiger partial charge is 0.507 e. The summed E-state index contributed by atoms with van der Waals surface area (Å²) in [5, 5.41) is 50.5. The third-order valence-corrected chi connectivity index (χ3v) is 12.9. The minimum atomic E-state index is -1.95. The fraction of sp³-hybridized carbons (Fsp3) is 0.587. The molecule has 4 heterocycles. The zero-order chi connectivity index (χ0) is 44.9. The number of benzene rings is 2. The molecule has 2 aromatic carbocycles. The number of esters is 1. The van der Waals surface area contributed by atoms with Crippen LogP contribution in [0.4, 0.5) is 5.69 Å². The van der Waals surface area contributed by atoms with Gasteiger partial charge in [0.1, 0.15) is 34.0 Å². The van der Waals surface area contributed by atoms with E-state index < -0.39 is 82.9 Å². The molecule has 1 spiro atoms. The summed E-state index contributed by atoms with van der Waals surface area (Å²) in [5.74, 6) is -6.57. The molecule has 1 amide bonds. The third-order valence-electron chi connectivity index (χ3n) is 12.9. The van der Waals surface area contributed by atoms with Crippen molar-refractivity contribution in [3.8, 4) is 17.2 Å². The van der Waals surface area contributed by atoms with Crippen LogP contribution in [-0.2, 0) is 23.8 Å². The lowest BCUT2D eigenvalue weighted by atomic mass is 9.78. The van der Waals surface area contributed by atoms with E-state index in [2.05, 4.69) is 29.1 Å².